The largest absolute Gasteiger partial charge is 0.333 e. The first kappa shape index (κ1) is 20.7. The van der Waals surface area contributed by atoms with E-state index < -0.39 is 23.5 Å². The molecule has 0 spiro atoms. The maximum Gasteiger partial charge on any atom is 0.322 e. The van der Waals surface area contributed by atoms with Crippen LogP contribution in [0.15, 0.2) is 18.3 Å². The summed E-state index contributed by atoms with van der Waals surface area (Å²) in [4.78, 5) is 28.9. The van der Waals surface area contributed by atoms with Crippen LogP contribution in [0.4, 0.5) is 34.1 Å². The van der Waals surface area contributed by atoms with Gasteiger partial charge in [0, 0.05) is 17.8 Å². The fourth-order valence-corrected chi connectivity index (χ4v) is 4.94. The van der Waals surface area contributed by atoms with Crippen molar-refractivity contribution in [3.63, 3.8) is 0 Å². The van der Waals surface area contributed by atoms with Gasteiger partial charge in [-0.15, -0.1) is 0 Å². The van der Waals surface area contributed by atoms with E-state index in [1.165, 1.54) is 4.90 Å². The Balaban J connectivity index is 1.39. The Hall–Kier alpha value is -3.24. The molecule has 1 saturated heterocycles. The first-order valence-corrected chi connectivity index (χ1v) is 10.7. The Bertz CT molecular complexity index is 1070. The lowest BCUT2D eigenvalue weighted by Crippen LogP contribution is -2.47. The van der Waals surface area contributed by atoms with Crippen LogP contribution in [0.3, 0.4) is 0 Å². The van der Waals surface area contributed by atoms with Gasteiger partial charge in [0.1, 0.15) is 0 Å². The Labute approximate surface area is 182 Å². The van der Waals surface area contributed by atoms with Crippen LogP contribution in [0.25, 0.3) is 0 Å². The third-order valence-electron chi connectivity index (χ3n) is 6.56. The van der Waals surface area contributed by atoms with Crippen molar-refractivity contribution >= 4 is 23.4 Å². The van der Waals surface area contributed by atoms with E-state index in [-0.39, 0.29) is 36.4 Å². The highest BCUT2D eigenvalue weighted by molar-refractivity contribution is 5.96. The Morgan fingerprint density at radius 1 is 1.19 bits per heavy atom. The third-order valence-corrected chi connectivity index (χ3v) is 6.56. The van der Waals surface area contributed by atoms with Crippen LogP contribution in [0, 0.1) is 17.5 Å². The molecule has 2 N–H and O–H groups in total. The van der Waals surface area contributed by atoms with Gasteiger partial charge in [0.15, 0.2) is 17.5 Å². The normalized spacial score (nSPS) is 24.8. The van der Waals surface area contributed by atoms with E-state index in [1.807, 2.05) is 6.92 Å². The van der Waals surface area contributed by atoms with Gasteiger partial charge in [-0.2, -0.15) is 5.10 Å². The zero-order valence-corrected chi connectivity index (χ0v) is 17.4. The predicted molar refractivity (Wildman–Crippen MR) is 110 cm³/mol. The molecule has 170 valence electrons. The second kappa shape index (κ2) is 7.72. The number of nitrogens with one attached hydrogen (secondary N) is 2. The molecule has 0 radical (unpaired) electrons. The molecule has 8 nitrogen and oxygen atoms in total. The highest BCUT2D eigenvalue weighted by Gasteiger charge is 2.43. The van der Waals surface area contributed by atoms with Gasteiger partial charge in [0.05, 0.1) is 48.8 Å². The van der Waals surface area contributed by atoms with E-state index in [2.05, 4.69) is 15.7 Å². The first-order valence-electron chi connectivity index (χ1n) is 10.7. The molecular weight excluding hydrogens is 425 g/mol. The number of hydrogen-bond acceptors (Lipinski definition) is 3. The van der Waals surface area contributed by atoms with E-state index in [1.54, 1.807) is 15.8 Å². The maximum atomic E-state index is 13.5. The summed E-state index contributed by atoms with van der Waals surface area (Å²) in [6.45, 7) is 2.39. The molecule has 2 fully saturated rings. The van der Waals surface area contributed by atoms with Crippen LogP contribution < -0.4 is 15.5 Å². The van der Waals surface area contributed by atoms with Gasteiger partial charge in [-0.05, 0) is 19.8 Å². The molecule has 1 saturated carbocycles. The second-order valence-corrected chi connectivity index (χ2v) is 8.60. The van der Waals surface area contributed by atoms with E-state index in [9.17, 15) is 22.8 Å². The zero-order valence-electron chi connectivity index (χ0n) is 17.4. The Kier molecular flexibility index (Phi) is 4.98. The number of carbonyl (C=O) groups excluding carboxylic acids is 2. The maximum absolute atomic E-state index is 13.5. The van der Waals surface area contributed by atoms with Crippen LogP contribution in [-0.4, -0.2) is 44.9 Å². The molecule has 5 rings (SSSR count). The third kappa shape index (κ3) is 3.35. The molecule has 1 aromatic heterocycles. The number of urea groups is 2. The van der Waals surface area contributed by atoms with E-state index >= 15 is 0 Å². The summed E-state index contributed by atoms with van der Waals surface area (Å²) in [6.07, 6.45) is 5.62. The molecule has 3 heterocycles. The SMILES string of the molecule is C[C@H]1Cn2ncc(N3C(=O)N[C@@H]4CCCC[C@H]43)c2CN1C(=O)Nc1cc(F)c(F)c(F)c1. The highest BCUT2D eigenvalue weighted by atomic mass is 19.2. The highest BCUT2D eigenvalue weighted by Crippen LogP contribution is 2.36. The standard InChI is InChI=1S/C21H23F3N6O2/c1-11-9-29-18(10-28(11)20(31)26-12-6-13(22)19(24)14(23)7-12)17(8-25-29)30-16-5-3-2-4-15(16)27-21(30)32/h6-8,11,15-16H,2-5,9-10H2,1H3,(H,26,31)(H,27,32)/t11-,15+,16+/m0/s1. The van der Waals surface area contributed by atoms with Gasteiger partial charge < -0.3 is 15.5 Å². The predicted octanol–water partition coefficient (Wildman–Crippen LogP) is 3.58. The van der Waals surface area contributed by atoms with Gasteiger partial charge in [-0.3, -0.25) is 9.58 Å². The van der Waals surface area contributed by atoms with Crippen molar-refractivity contribution in [3.05, 3.63) is 41.5 Å². The van der Waals surface area contributed by atoms with Crippen molar-refractivity contribution < 1.29 is 22.8 Å². The minimum absolute atomic E-state index is 0.0527. The number of benzene rings is 1. The number of nitrogens with zero attached hydrogens (tertiary/aromatic N) is 4. The fraction of sp³-hybridized carbons (Fsp3) is 0.476. The van der Waals surface area contributed by atoms with E-state index in [0.717, 1.165) is 43.5 Å². The zero-order chi connectivity index (χ0) is 22.6. The average Bonchev–Trinajstić information content (AvgIpc) is 3.30. The summed E-state index contributed by atoms with van der Waals surface area (Å²) in [5.74, 6) is -4.35. The minimum Gasteiger partial charge on any atom is -0.333 e. The van der Waals surface area contributed by atoms with E-state index in [4.69, 9.17) is 0 Å². The Morgan fingerprint density at radius 2 is 1.91 bits per heavy atom. The number of hydrogen-bond donors (Lipinski definition) is 2. The monoisotopic (exact) mass is 448 g/mol. The van der Waals surface area contributed by atoms with Gasteiger partial charge in [0.2, 0.25) is 0 Å². The molecule has 32 heavy (non-hydrogen) atoms. The average molecular weight is 448 g/mol. The van der Waals surface area contributed by atoms with Crippen LogP contribution in [0.5, 0.6) is 0 Å². The smallest absolute Gasteiger partial charge is 0.322 e. The molecule has 2 aromatic rings. The van der Waals surface area contributed by atoms with Crippen molar-refractivity contribution in [2.75, 3.05) is 10.2 Å². The summed E-state index contributed by atoms with van der Waals surface area (Å²) >= 11 is 0. The molecule has 4 amide bonds. The van der Waals surface area contributed by atoms with Crippen LogP contribution >= 0.6 is 0 Å². The molecular formula is C21H23F3N6O2. The lowest BCUT2D eigenvalue weighted by Gasteiger charge is -2.36. The fourth-order valence-electron chi connectivity index (χ4n) is 4.94. The molecule has 11 heteroatoms. The summed E-state index contributed by atoms with van der Waals surface area (Å²) in [6, 6.07) is 0.623. The molecule has 3 aliphatic rings. The number of rotatable bonds is 2. The number of fused-ring (bicyclic) bond motifs is 2. The number of carbonyl (C=O) groups is 2. The van der Waals surface area contributed by atoms with Gasteiger partial charge >= 0.3 is 12.1 Å². The van der Waals surface area contributed by atoms with Crippen LogP contribution in [0.2, 0.25) is 0 Å². The Morgan fingerprint density at radius 3 is 2.66 bits per heavy atom. The quantitative estimate of drug-likeness (QED) is 0.689. The van der Waals surface area contributed by atoms with Crippen LogP contribution in [0.1, 0.15) is 38.3 Å². The van der Waals surface area contributed by atoms with Gasteiger partial charge in [-0.1, -0.05) is 12.8 Å². The summed E-state index contributed by atoms with van der Waals surface area (Å²) < 4.78 is 42.1. The topological polar surface area (TPSA) is 82.5 Å². The lowest BCUT2D eigenvalue weighted by molar-refractivity contribution is 0.161. The molecule has 1 aromatic carbocycles. The van der Waals surface area contributed by atoms with Gasteiger partial charge in [-0.25, -0.2) is 22.8 Å². The van der Waals surface area contributed by atoms with E-state index in [0.29, 0.717) is 12.2 Å². The van der Waals surface area contributed by atoms with Crippen molar-refractivity contribution in [2.24, 2.45) is 0 Å². The lowest BCUT2D eigenvalue weighted by atomic mass is 9.91. The number of amides is 4. The summed E-state index contributed by atoms with van der Waals surface area (Å²) in [7, 11) is 0. The summed E-state index contributed by atoms with van der Waals surface area (Å²) in [5.41, 5.74) is 1.21. The number of halogens is 3. The minimum atomic E-state index is -1.59. The molecule has 0 bridgehead atoms. The number of anilines is 2. The first-order chi connectivity index (χ1) is 15.3. The van der Waals surface area contributed by atoms with Gasteiger partial charge in [0.25, 0.3) is 0 Å². The molecule has 1 aliphatic carbocycles. The van der Waals surface area contributed by atoms with Crippen molar-refractivity contribution in [1.29, 1.82) is 0 Å². The van der Waals surface area contributed by atoms with Crippen molar-refractivity contribution in [2.45, 2.75) is 63.8 Å². The molecule has 0 unspecified atom stereocenters. The second-order valence-electron chi connectivity index (χ2n) is 8.60. The molecule has 2 aliphatic heterocycles. The number of aromatic nitrogens is 2. The summed E-state index contributed by atoms with van der Waals surface area (Å²) in [5, 5.41) is 9.91. The molecule has 3 atom stereocenters. The van der Waals surface area contributed by atoms with Crippen LogP contribution in [-0.2, 0) is 13.1 Å². The van der Waals surface area contributed by atoms with Crippen molar-refractivity contribution in [3.8, 4) is 0 Å². The van der Waals surface area contributed by atoms with Crippen molar-refractivity contribution in [1.82, 2.24) is 20.0 Å².